The summed E-state index contributed by atoms with van der Waals surface area (Å²) in [5, 5.41) is 0. The van der Waals surface area contributed by atoms with Crippen LogP contribution < -0.4 is 4.89 Å². The summed E-state index contributed by atoms with van der Waals surface area (Å²) in [5.41, 5.74) is 0. The lowest BCUT2D eigenvalue weighted by Crippen LogP contribution is -2.37. The Kier molecular flexibility index (Phi) is 57.8. The van der Waals surface area contributed by atoms with Gasteiger partial charge in [0.15, 0.2) is 6.10 Å². The average Bonchev–Trinajstić information content (AvgIpc) is 3.42. The number of likely N-dealkylation sites (N-methyl/N-ethyl adjacent to an activating group) is 1. The van der Waals surface area contributed by atoms with E-state index in [1.807, 2.05) is 21.1 Å². The predicted octanol–water partition coefficient (Wildman–Crippen LogP) is 20.3. The number of hydrogen-bond acceptors (Lipinski definition) is 8. The maximum atomic E-state index is 12.8. The quantitative estimate of drug-likeness (QED) is 0.0195. The zero-order chi connectivity index (χ0) is 58.4. The number of rotatable bonds is 59. The summed E-state index contributed by atoms with van der Waals surface area (Å²) < 4.78 is 34.2. The molecule has 80 heavy (non-hydrogen) atoms. The van der Waals surface area contributed by atoms with Crippen LogP contribution in [0.3, 0.4) is 0 Å². The Bertz CT molecular complexity index is 1720. The van der Waals surface area contributed by atoms with E-state index in [1.54, 1.807) is 0 Å². The zero-order valence-corrected chi connectivity index (χ0v) is 53.1. The average molecular weight is 1140 g/mol. The van der Waals surface area contributed by atoms with Gasteiger partial charge in [0.2, 0.25) is 0 Å². The molecule has 0 rings (SSSR count). The molecule has 0 aromatic rings. The molecule has 0 aliphatic carbocycles. The van der Waals surface area contributed by atoms with Crippen LogP contribution in [0.25, 0.3) is 0 Å². The first kappa shape index (κ1) is 76.7. The van der Waals surface area contributed by atoms with E-state index in [1.165, 1.54) is 148 Å². The number of unbranched alkanes of at least 4 members (excludes halogenated alkanes) is 27. The molecule has 0 aromatic heterocycles. The molecule has 0 N–H and O–H groups in total. The minimum absolute atomic E-state index is 0.0424. The first-order chi connectivity index (χ1) is 39.0. The Morgan fingerprint density at radius 1 is 0.400 bits per heavy atom. The van der Waals surface area contributed by atoms with E-state index < -0.39 is 32.5 Å². The predicted molar refractivity (Wildman–Crippen MR) is 342 cm³/mol. The molecule has 0 aliphatic rings. The third-order valence-corrected chi connectivity index (χ3v) is 14.7. The number of phosphoric ester groups is 1. The van der Waals surface area contributed by atoms with Gasteiger partial charge in [-0.05, 0) is 103 Å². The number of hydrogen-bond donors (Lipinski definition) is 0. The van der Waals surface area contributed by atoms with E-state index in [4.69, 9.17) is 18.5 Å². The van der Waals surface area contributed by atoms with Crippen molar-refractivity contribution in [2.75, 3.05) is 47.5 Å². The number of carbonyl (C=O) groups is 2. The Morgan fingerprint density at radius 2 is 0.713 bits per heavy atom. The van der Waals surface area contributed by atoms with Gasteiger partial charge < -0.3 is 27.9 Å². The fraction of sp³-hybridized carbons (Fsp3) is 0.714. The van der Waals surface area contributed by atoms with Crippen LogP contribution in [-0.2, 0) is 32.7 Å². The monoisotopic (exact) mass is 1140 g/mol. The van der Waals surface area contributed by atoms with Gasteiger partial charge in [-0.3, -0.25) is 14.2 Å². The van der Waals surface area contributed by atoms with Crippen LogP contribution in [0.4, 0.5) is 0 Å². The van der Waals surface area contributed by atoms with Gasteiger partial charge in [-0.1, -0.05) is 264 Å². The van der Waals surface area contributed by atoms with Crippen LogP contribution in [0, 0.1) is 0 Å². The molecular weight excluding hydrogens is 1010 g/mol. The molecule has 0 bridgehead atoms. The molecule has 0 radical (unpaired) electrons. The van der Waals surface area contributed by atoms with E-state index in [-0.39, 0.29) is 26.1 Å². The van der Waals surface area contributed by atoms with Crippen molar-refractivity contribution in [1.29, 1.82) is 0 Å². The maximum absolute atomic E-state index is 12.8. The van der Waals surface area contributed by atoms with E-state index in [9.17, 15) is 19.0 Å². The molecule has 2 atom stereocenters. The number of esters is 2. The van der Waals surface area contributed by atoms with Crippen LogP contribution >= 0.6 is 7.82 Å². The summed E-state index contributed by atoms with van der Waals surface area (Å²) in [6.45, 7) is 4.09. The molecule has 0 aliphatic heterocycles. The second-order valence-corrected chi connectivity index (χ2v) is 24.2. The standard InChI is InChI=1S/C70H122NO8P/c1-6-8-10-12-14-16-18-20-22-24-26-28-30-32-33-34-35-36-37-39-40-42-44-46-48-50-52-54-56-58-60-62-69(72)76-66-68(67-78-80(74,75)77-65-64-71(3,4)5)79-70(73)63-61-59-57-55-53-51-49-47-45-43-41-38-31-29-27-25-23-21-19-17-15-13-11-9-7-2/h9,11,15,17-18,20-21,23-24,26-27,29,38,41,45,47,51,53,68H,6-8,10,12-14,16,19,22,25,28,30-37,39-40,42-44,46,48-50,52,54-67H2,1-5H3/b11-9-,17-15-,20-18-,23-21-,26-24-,29-27-,41-38-,47-45-,53-51-. The fourth-order valence-corrected chi connectivity index (χ4v) is 9.51. The highest BCUT2D eigenvalue weighted by atomic mass is 31.2. The van der Waals surface area contributed by atoms with Gasteiger partial charge in [-0.25, -0.2) is 0 Å². The van der Waals surface area contributed by atoms with Crippen LogP contribution in [0.5, 0.6) is 0 Å². The molecule has 0 heterocycles. The topological polar surface area (TPSA) is 111 Å². The van der Waals surface area contributed by atoms with Gasteiger partial charge in [0.1, 0.15) is 19.8 Å². The number of quaternary nitrogens is 1. The second kappa shape index (κ2) is 60.3. The number of nitrogens with zero attached hydrogens (tertiary/aromatic N) is 1. The van der Waals surface area contributed by atoms with Crippen molar-refractivity contribution >= 4 is 19.8 Å². The molecule has 0 fully saturated rings. The van der Waals surface area contributed by atoms with Gasteiger partial charge in [0.05, 0.1) is 27.7 Å². The first-order valence-electron chi connectivity index (χ1n) is 32.6. The largest absolute Gasteiger partial charge is 0.756 e. The second-order valence-electron chi connectivity index (χ2n) is 22.7. The Hall–Kier alpha value is -3.33. The number of carbonyl (C=O) groups excluding carboxylic acids is 2. The van der Waals surface area contributed by atoms with Crippen molar-refractivity contribution < 1.29 is 42.1 Å². The third kappa shape index (κ3) is 63.8. The van der Waals surface area contributed by atoms with E-state index in [2.05, 4.69) is 123 Å². The van der Waals surface area contributed by atoms with Gasteiger partial charge in [-0.15, -0.1) is 0 Å². The normalized spacial score (nSPS) is 13.9. The Morgan fingerprint density at radius 3 is 1.07 bits per heavy atom. The fourth-order valence-electron chi connectivity index (χ4n) is 8.79. The molecule has 9 nitrogen and oxygen atoms in total. The van der Waals surface area contributed by atoms with Crippen LogP contribution in [-0.4, -0.2) is 70.0 Å². The molecule has 2 unspecified atom stereocenters. The van der Waals surface area contributed by atoms with Crippen molar-refractivity contribution in [1.82, 2.24) is 0 Å². The molecule has 10 heteroatoms. The van der Waals surface area contributed by atoms with Crippen molar-refractivity contribution in [2.24, 2.45) is 0 Å². The van der Waals surface area contributed by atoms with Gasteiger partial charge in [0, 0.05) is 12.8 Å². The lowest BCUT2D eigenvalue weighted by atomic mass is 10.0. The van der Waals surface area contributed by atoms with Crippen LogP contribution in [0.1, 0.15) is 271 Å². The van der Waals surface area contributed by atoms with Gasteiger partial charge in [-0.2, -0.15) is 0 Å². The summed E-state index contributed by atoms with van der Waals surface area (Å²) >= 11 is 0. The lowest BCUT2D eigenvalue weighted by molar-refractivity contribution is -0.870. The molecule has 0 saturated heterocycles. The molecule has 460 valence electrons. The lowest BCUT2D eigenvalue weighted by Gasteiger charge is -2.28. The summed E-state index contributed by atoms with van der Waals surface area (Å²) in [6, 6.07) is 0. The highest BCUT2D eigenvalue weighted by Gasteiger charge is 2.22. The summed E-state index contributed by atoms with van der Waals surface area (Å²) in [6.07, 6.45) is 84.4. The molecule has 0 aromatic carbocycles. The Balaban J connectivity index is 4.14. The van der Waals surface area contributed by atoms with Crippen LogP contribution in [0.2, 0.25) is 0 Å². The summed E-state index contributed by atoms with van der Waals surface area (Å²) in [7, 11) is 1.13. The van der Waals surface area contributed by atoms with Crippen molar-refractivity contribution in [3.63, 3.8) is 0 Å². The summed E-state index contributed by atoms with van der Waals surface area (Å²) in [4.78, 5) is 38.0. The van der Waals surface area contributed by atoms with E-state index in [0.717, 1.165) is 89.9 Å². The minimum atomic E-state index is -4.66. The van der Waals surface area contributed by atoms with Gasteiger partial charge >= 0.3 is 11.9 Å². The number of ether oxygens (including phenoxy) is 2. The van der Waals surface area contributed by atoms with Crippen LogP contribution in [0.15, 0.2) is 109 Å². The van der Waals surface area contributed by atoms with E-state index >= 15 is 0 Å². The number of allylic oxidation sites excluding steroid dienone is 18. The minimum Gasteiger partial charge on any atom is -0.756 e. The third-order valence-electron chi connectivity index (χ3n) is 13.8. The van der Waals surface area contributed by atoms with Gasteiger partial charge in [0.25, 0.3) is 7.82 Å². The smallest absolute Gasteiger partial charge is 0.306 e. The Labute approximate surface area is 493 Å². The summed E-state index contributed by atoms with van der Waals surface area (Å²) in [5.74, 6) is -0.871. The molecule has 0 spiro atoms. The highest BCUT2D eigenvalue weighted by molar-refractivity contribution is 7.45. The zero-order valence-electron chi connectivity index (χ0n) is 52.2. The van der Waals surface area contributed by atoms with Crippen molar-refractivity contribution in [3.8, 4) is 0 Å². The van der Waals surface area contributed by atoms with Crippen molar-refractivity contribution in [3.05, 3.63) is 109 Å². The first-order valence-corrected chi connectivity index (χ1v) is 34.1. The molecular formula is C70H122NO8P. The highest BCUT2D eigenvalue weighted by Crippen LogP contribution is 2.38. The van der Waals surface area contributed by atoms with E-state index in [0.29, 0.717) is 17.4 Å². The van der Waals surface area contributed by atoms with Crippen molar-refractivity contribution in [2.45, 2.75) is 277 Å². The SMILES string of the molecule is CC/C=C\C/C=C\C/C=C\C/C=C\C/C=C\C/C=C\C/C=C\CCCCCC(=O)OC(COC(=O)CCCCCCCCCCCCCCCCCCCCC/C=C\C/C=C\CCCCCCC)COP(=O)([O-])OCC[N+](C)(C)C. The molecule has 0 saturated carbocycles. The number of phosphoric acid groups is 1. The molecule has 0 amide bonds. The maximum Gasteiger partial charge on any atom is 0.306 e.